The van der Waals surface area contributed by atoms with Crippen molar-refractivity contribution in [3.63, 3.8) is 0 Å². The predicted molar refractivity (Wildman–Crippen MR) is 111 cm³/mol. The smallest absolute Gasteiger partial charge is 0.253 e. The number of rotatable bonds is 7. The van der Waals surface area contributed by atoms with E-state index >= 15 is 0 Å². The molecule has 0 bridgehead atoms. The summed E-state index contributed by atoms with van der Waals surface area (Å²) in [6.45, 7) is 4.60. The molecule has 4 nitrogen and oxygen atoms in total. The van der Waals surface area contributed by atoms with Crippen LogP contribution in [0.5, 0.6) is 0 Å². The molecule has 27 heavy (non-hydrogen) atoms. The highest BCUT2D eigenvalue weighted by Gasteiger charge is 2.15. The number of nitrogens with one attached hydrogen (secondary N) is 1. The fraction of sp³-hybridized carbons (Fsp3) is 0.273. The molecular weight excluding hydrogens is 356 g/mol. The molecule has 1 unspecified atom stereocenters. The molecule has 0 aliphatic rings. The van der Waals surface area contributed by atoms with Crippen molar-refractivity contribution in [3.8, 4) is 0 Å². The SMILES string of the molecule is COCCSc1ccc(C(C)NC(=O)c2cc3ccccc3nc2C)cc1. The number of nitrogens with zero attached hydrogens (tertiary/aromatic N) is 1. The minimum absolute atomic E-state index is 0.0820. The highest BCUT2D eigenvalue weighted by Crippen LogP contribution is 2.22. The van der Waals surface area contributed by atoms with Gasteiger partial charge >= 0.3 is 0 Å². The van der Waals surface area contributed by atoms with Gasteiger partial charge in [-0.25, -0.2) is 0 Å². The van der Waals surface area contributed by atoms with E-state index in [0.717, 1.165) is 34.5 Å². The third kappa shape index (κ3) is 4.87. The van der Waals surface area contributed by atoms with Crippen LogP contribution >= 0.6 is 11.8 Å². The number of ether oxygens (including phenoxy) is 1. The molecule has 0 aliphatic heterocycles. The highest BCUT2D eigenvalue weighted by molar-refractivity contribution is 7.99. The number of carbonyl (C=O) groups is 1. The lowest BCUT2D eigenvalue weighted by Gasteiger charge is -2.16. The van der Waals surface area contributed by atoms with E-state index in [9.17, 15) is 4.79 Å². The Balaban J connectivity index is 1.69. The van der Waals surface area contributed by atoms with E-state index in [-0.39, 0.29) is 11.9 Å². The van der Waals surface area contributed by atoms with Crippen molar-refractivity contribution in [2.45, 2.75) is 24.8 Å². The van der Waals surface area contributed by atoms with E-state index in [1.807, 2.05) is 44.2 Å². The first kappa shape index (κ1) is 19.4. The molecule has 5 heteroatoms. The Labute approximate surface area is 164 Å². The van der Waals surface area contributed by atoms with Gasteiger partial charge in [-0.1, -0.05) is 30.3 Å². The summed E-state index contributed by atoms with van der Waals surface area (Å²) in [5, 5.41) is 4.05. The third-order valence-electron chi connectivity index (χ3n) is 4.44. The number of para-hydroxylation sites is 1. The number of pyridine rings is 1. The second kappa shape index (κ2) is 9.02. The minimum atomic E-state index is -0.100. The second-order valence-electron chi connectivity index (χ2n) is 6.42. The number of hydrogen-bond acceptors (Lipinski definition) is 4. The molecule has 3 aromatic rings. The standard InChI is InChI=1S/C22H24N2O2S/c1-15(17-8-10-19(11-9-17)27-13-12-26-3)24-22(25)20-14-18-6-4-5-7-21(18)23-16(20)2/h4-11,14-15H,12-13H2,1-3H3,(H,24,25). The van der Waals surface area contributed by atoms with Crippen LogP contribution in [0.25, 0.3) is 10.9 Å². The number of fused-ring (bicyclic) bond motifs is 1. The normalized spacial score (nSPS) is 12.1. The summed E-state index contributed by atoms with van der Waals surface area (Å²) in [5.74, 6) is 0.827. The molecule has 140 valence electrons. The number of amides is 1. The quantitative estimate of drug-likeness (QED) is 0.474. The zero-order chi connectivity index (χ0) is 19.2. The zero-order valence-electron chi connectivity index (χ0n) is 15.9. The first-order valence-electron chi connectivity index (χ1n) is 8.97. The molecule has 1 aromatic heterocycles. The van der Waals surface area contributed by atoms with Crippen LogP contribution in [0, 0.1) is 6.92 Å². The van der Waals surface area contributed by atoms with Crippen molar-refractivity contribution < 1.29 is 9.53 Å². The Hall–Kier alpha value is -2.37. The Bertz CT molecular complexity index is 925. The van der Waals surface area contributed by atoms with E-state index < -0.39 is 0 Å². The van der Waals surface area contributed by atoms with Crippen molar-refractivity contribution in [2.24, 2.45) is 0 Å². The third-order valence-corrected chi connectivity index (χ3v) is 5.42. The van der Waals surface area contributed by atoms with Crippen molar-refractivity contribution >= 4 is 28.6 Å². The van der Waals surface area contributed by atoms with Gasteiger partial charge in [-0.3, -0.25) is 9.78 Å². The fourth-order valence-corrected chi connectivity index (χ4v) is 3.71. The van der Waals surface area contributed by atoms with E-state index in [1.165, 1.54) is 4.90 Å². The number of hydrogen-bond donors (Lipinski definition) is 1. The maximum Gasteiger partial charge on any atom is 0.253 e. The van der Waals surface area contributed by atoms with E-state index in [2.05, 4.69) is 34.6 Å². The fourth-order valence-electron chi connectivity index (χ4n) is 2.90. The Morgan fingerprint density at radius 2 is 1.93 bits per heavy atom. The van der Waals surface area contributed by atoms with Crippen molar-refractivity contribution in [1.29, 1.82) is 0 Å². The van der Waals surface area contributed by atoms with Crippen LogP contribution in [-0.2, 0) is 4.74 Å². The largest absolute Gasteiger partial charge is 0.384 e. The first-order valence-corrected chi connectivity index (χ1v) is 9.96. The summed E-state index contributed by atoms with van der Waals surface area (Å²) in [6, 6.07) is 18.0. The molecule has 1 N–H and O–H groups in total. The number of carbonyl (C=O) groups excluding carboxylic acids is 1. The molecule has 1 atom stereocenters. The molecular formula is C22H24N2O2S. The van der Waals surface area contributed by atoms with Crippen LogP contribution in [-0.4, -0.2) is 30.4 Å². The lowest BCUT2D eigenvalue weighted by atomic mass is 10.1. The van der Waals surface area contributed by atoms with Gasteiger partial charge in [-0.15, -0.1) is 11.8 Å². The second-order valence-corrected chi connectivity index (χ2v) is 7.59. The van der Waals surface area contributed by atoms with Gasteiger partial charge in [0, 0.05) is 23.1 Å². The Kier molecular flexibility index (Phi) is 6.48. The summed E-state index contributed by atoms with van der Waals surface area (Å²) in [5.41, 5.74) is 3.34. The summed E-state index contributed by atoms with van der Waals surface area (Å²) in [4.78, 5) is 18.5. The van der Waals surface area contributed by atoms with E-state index in [4.69, 9.17) is 4.74 Å². The molecule has 0 saturated carbocycles. The van der Waals surface area contributed by atoms with Gasteiger partial charge < -0.3 is 10.1 Å². The molecule has 2 aromatic carbocycles. The summed E-state index contributed by atoms with van der Waals surface area (Å²) in [6.07, 6.45) is 0. The van der Waals surface area contributed by atoms with Crippen LogP contribution in [0.15, 0.2) is 59.5 Å². The van der Waals surface area contributed by atoms with E-state index in [1.54, 1.807) is 18.9 Å². The first-order chi connectivity index (χ1) is 13.1. The van der Waals surface area contributed by atoms with Crippen molar-refractivity contribution in [2.75, 3.05) is 19.5 Å². The molecule has 0 aliphatic carbocycles. The van der Waals surface area contributed by atoms with Crippen LogP contribution in [0.2, 0.25) is 0 Å². The van der Waals surface area contributed by atoms with Gasteiger partial charge in [0.15, 0.2) is 0 Å². The van der Waals surface area contributed by atoms with Gasteiger partial charge in [-0.2, -0.15) is 0 Å². The maximum atomic E-state index is 12.8. The molecule has 3 rings (SSSR count). The van der Waals surface area contributed by atoms with E-state index in [0.29, 0.717) is 5.56 Å². The van der Waals surface area contributed by atoms with Gasteiger partial charge in [0.25, 0.3) is 5.91 Å². The van der Waals surface area contributed by atoms with Gasteiger partial charge in [-0.05, 0) is 43.7 Å². The summed E-state index contributed by atoms with van der Waals surface area (Å²) in [7, 11) is 1.71. The van der Waals surface area contributed by atoms with Gasteiger partial charge in [0.2, 0.25) is 0 Å². The summed E-state index contributed by atoms with van der Waals surface area (Å²) < 4.78 is 5.07. The average Bonchev–Trinajstić information content (AvgIpc) is 2.68. The molecule has 0 spiro atoms. The van der Waals surface area contributed by atoms with Crippen LogP contribution < -0.4 is 5.32 Å². The number of benzene rings is 2. The van der Waals surface area contributed by atoms with Crippen LogP contribution in [0.1, 0.15) is 34.6 Å². The predicted octanol–water partition coefficient (Wildman–Crippen LogP) is 4.77. The molecule has 0 radical (unpaired) electrons. The minimum Gasteiger partial charge on any atom is -0.384 e. The number of aryl methyl sites for hydroxylation is 1. The average molecular weight is 381 g/mol. The van der Waals surface area contributed by atoms with Crippen molar-refractivity contribution in [3.05, 3.63) is 71.4 Å². The monoisotopic (exact) mass is 380 g/mol. The lowest BCUT2D eigenvalue weighted by Crippen LogP contribution is -2.27. The molecule has 0 fully saturated rings. The molecule has 1 amide bonds. The highest BCUT2D eigenvalue weighted by atomic mass is 32.2. The maximum absolute atomic E-state index is 12.8. The Morgan fingerprint density at radius 3 is 2.67 bits per heavy atom. The number of aromatic nitrogens is 1. The number of methoxy groups -OCH3 is 1. The molecule has 1 heterocycles. The van der Waals surface area contributed by atoms with Crippen LogP contribution in [0.3, 0.4) is 0 Å². The molecule has 0 saturated heterocycles. The van der Waals surface area contributed by atoms with Gasteiger partial charge in [0.05, 0.1) is 29.4 Å². The zero-order valence-corrected chi connectivity index (χ0v) is 16.7. The lowest BCUT2D eigenvalue weighted by molar-refractivity contribution is 0.0939. The Morgan fingerprint density at radius 1 is 1.19 bits per heavy atom. The van der Waals surface area contributed by atoms with Gasteiger partial charge in [0.1, 0.15) is 0 Å². The summed E-state index contributed by atoms with van der Waals surface area (Å²) >= 11 is 1.76. The van der Waals surface area contributed by atoms with Crippen LogP contribution in [0.4, 0.5) is 0 Å². The topological polar surface area (TPSA) is 51.2 Å². The number of thioether (sulfide) groups is 1. The van der Waals surface area contributed by atoms with Crippen molar-refractivity contribution in [1.82, 2.24) is 10.3 Å².